The second-order valence-corrected chi connectivity index (χ2v) is 9.49. The van der Waals surface area contributed by atoms with Crippen molar-refractivity contribution in [3.05, 3.63) is 0 Å². The van der Waals surface area contributed by atoms with E-state index in [1.807, 2.05) is 13.8 Å². The maximum atomic E-state index is 12.7. The summed E-state index contributed by atoms with van der Waals surface area (Å²) in [6.07, 6.45) is 7.56. The minimum atomic E-state index is -4.98. The van der Waals surface area contributed by atoms with E-state index in [1.54, 1.807) is 0 Å². The van der Waals surface area contributed by atoms with Gasteiger partial charge in [0.2, 0.25) is 0 Å². The molecule has 0 fully saturated rings. The van der Waals surface area contributed by atoms with Gasteiger partial charge in [0.1, 0.15) is 0 Å². The molecule has 1 radical (unpaired) electrons. The quantitative estimate of drug-likeness (QED) is 0.286. The summed E-state index contributed by atoms with van der Waals surface area (Å²) < 4.78 is 38.8. The molecule has 0 amide bonds. The first-order valence-electron chi connectivity index (χ1n) is 9.35. The van der Waals surface area contributed by atoms with Gasteiger partial charge in [0.25, 0.3) is 0 Å². The number of phosphoric acid groups is 2. The molecular formula is C16H36CoO7P2. The van der Waals surface area contributed by atoms with Crippen LogP contribution in [0, 0.1) is 11.8 Å². The van der Waals surface area contributed by atoms with Crippen LogP contribution in [0.5, 0.6) is 0 Å². The number of hydrogen-bond donors (Lipinski definition) is 2. The van der Waals surface area contributed by atoms with Crippen LogP contribution >= 0.6 is 15.6 Å². The van der Waals surface area contributed by atoms with Crippen LogP contribution in [0.2, 0.25) is 0 Å². The van der Waals surface area contributed by atoms with E-state index in [4.69, 9.17) is 18.8 Å². The molecule has 0 bridgehead atoms. The Labute approximate surface area is 169 Å². The van der Waals surface area contributed by atoms with Crippen molar-refractivity contribution in [3.8, 4) is 0 Å². The van der Waals surface area contributed by atoms with Gasteiger partial charge >= 0.3 is 15.6 Å². The predicted molar refractivity (Wildman–Crippen MR) is 99.3 cm³/mol. The molecule has 2 unspecified atom stereocenters. The third-order valence-electron chi connectivity index (χ3n) is 4.23. The molecule has 161 valence electrons. The SMILES string of the molecule is CCCCC(CC)COP(=O)(OCC(CC)CCCC)OP(=O)(O)O.[Co]. The zero-order valence-corrected chi connectivity index (χ0v) is 19.2. The van der Waals surface area contributed by atoms with Gasteiger partial charge in [-0.05, 0) is 24.7 Å². The van der Waals surface area contributed by atoms with Gasteiger partial charge in [-0.3, -0.25) is 9.05 Å². The Kier molecular flexibility index (Phi) is 17.5. The van der Waals surface area contributed by atoms with E-state index in [0.717, 1.165) is 51.4 Å². The van der Waals surface area contributed by atoms with Crippen molar-refractivity contribution in [1.82, 2.24) is 0 Å². The third kappa shape index (κ3) is 14.8. The summed E-state index contributed by atoms with van der Waals surface area (Å²) in [5, 5.41) is 0. The fourth-order valence-corrected chi connectivity index (χ4v) is 4.68. The Morgan fingerprint density at radius 1 is 0.808 bits per heavy atom. The van der Waals surface area contributed by atoms with Gasteiger partial charge in [0.15, 0.2) is 0 Å². The molecule has 26 heavy (non-hydrogen) atoms. The van der Waals surface area contributed by atoms with Crippen LogP contribution in [0.3, 0.4) is 0 Å². The Morgan fingerprint density at radius 2 is 1.19 bits per heavy atom. The van der Waals surface area contributed by atoms with Gasteiger partial charge in [0.05, 0.1) is 13.2 Å². The largest absolute Gasteiger partial charge is 0.483 e. The van der Waals surface area contributed by atoms with Crippen molar-refractivity contribution in [1.29, 1.82) is 0 Å². The van der Waals surface area contributed by atoms with Gasteiger partial charge < -0.3 is 9.79 Å². The topological polar surface area (TPSA) is 102 Å². The van der Waals surface area contributed by atoms with Crippen molar-refractivity contribution in [2.45, 2.75) is 79.1 Å². The first kappa shape index (κ1) is 29.0. The molecule has 2 atom stereocenters. The second-order valence-electron chi connectivity index (χ2n) is 6.44. The second kappa shape index (κ2) is 15.7. The smallest absolute Gasteiger partial charge is 0.302 e. The van der Waals surface area contributed by atoms with E-state index in [-0.39, 0.29) is 41.8 Å². The van der Waals surface area contributed by atoms with Crippen LogP contribution in [0.1, 0.15) is 79.1 Å². The van der Waals surface area contributed by atoms with Crippen molar-refractivity contribution < 1.29 is 49.1 Å². The van der Waals surface area contributed by atoms with Crippen molar-refractivity contribution in [3.63, 3.8) is 0 Å². The summed E-state index contributed by atoms with van der Waals surface area (Å²) in [5.41, 5.74) is 0. The number of rotatable bonds is 16. The molecule has 0 aromatic rings. The van der Waals surface area contributed by atoms with E-state index in [1.165, 1.54) is 0 Å². The Bertz CT molecular complexity index is 407. The Balaban J connectivity index is 0. The average molecular weight is 461 g/mol. The number of phosphoric ester groups is 1. The van der Waals surface area contributed by atoms with Crippen LogP contribution in [0.15, 0.2) is 0 Å². The molecule has 0 aromatic heterocycles. The van der Waals surface area contributed by atoms with E-state index < -0.39 is 15.6 Å². The van der Waals surface area contributed by atoms with E-state index in [0.29, 0.717) is 0 Å². The standard InChI is InChI=1S/C16H36O7P2.Co/c1-5-9-11-15(7-3)13-21-25(20,23-24(17,18)19)22-14-16(8-4)12-10-6-2;/h15-16H,5-14H2,1-4H3,(H2,17,18,19);. The molecule has 0 saturated carbocycles. The molecular weight excluding hydrogens is 425 g/mol. The average Bonchev–Trinajstić information content (AvgIpc) is 2.53. The van der Waals surface area contributed by atoms with E-state index in [2.05, 4.69) is 18.2 Å². The Hall–Kier alpha value is 0.766. The molecule has 10 heteroatoms. The molecule has 0 aliphatic carbocycles. The maximum absolute atomic E-state index is 12.7. The van der Waals surface area contributed by atoms with Crippen LogP contribution in [-0.2, 0) is 39.3 Å². The summed E-state index contributed by atoms with van der Waals surface area (Å²) >= 11 is 0. The summed E-state index contributed by atoms with van der Waals surface area (Å²) in [6.45, 7) is 8.35. The number of unbranched alkanes of at least 4 members (excludes halogenated alkanes) is 2. The van der Waals surface area contributed by atoms with Crippen LogP contribution in [0.25, 0.3) is 0 Å². The van der Waals surface area contributed by atoms with Crippen LogP contribution in [0.4, 0.5) is 0 Å². The van der Waals surface area contributed by atoms with Gasteiger partial charge in [0, 0.05) is 16.8 Å². The van der Waals surface area contributed by atoms with E-state index >= 15 is 0 Å². The molecule has 0 saturated heterocycles. The van der Waals surface area contributed by atoms with Gasteiger partial charge in [-0.1, -0.05) is 66.2 Å². The molecule has 0 aliphatic rings. The first-order valence-corrected chi connectivity index (χ1v) is 12.3. The molecule has 7 nitrogen and oxygen atoms in total. The monoisotopic (exact) mass is 461 g/mol. The minimum absolute atomic E-state index is 0. The summed E-state index contributed by atoms with van der Waals surface area (Å²) in [6, 6.07) is 0. The molecule has 0 aliphatic heterocycles. The predicted octanol–water partition coefficient (Wildman–Crippen LogP) is 5.67. The normalized spacial score (nSPS) is 16.5. The minimum Gasteiger partial charge on any atom is -0.302 e. The summed E-state index contributed by atoms with van der Waals surface area (Å²) in [4.78, 5) is 18.1. The fourth-order valence-electron chi connectivity index (χ4n) is 2.40. The zero-order valence-electron chi connectivity index (χ0n) is 16.4. The van der Waals surface area contributed by atoms with E-state index in [9.17, 15) is 9.13 Å². The third-order valence-corrected chi connectivity index (χ3v) is 6.81. The van der Waals surface area contributed by atoms with Crippen molar-refractivity contribution >= 4 is 15.6 Å². The first-order chi connectivity index (χ1) is 11.7. The van der Waals surface area contributed by atoms with Crippen molar-refractivity contribution in [2.75, 3.05) is 13.2 Å². The van der Waals surface area contributed by atoms with Crippen LogP contribution < -0.4 is 0 Å². The molecule has 0 rings (SSSR count). The fraction of sp³-hybridized carbons (Fsp3) is 1.00. The maximum Gasteiger partial charge on any atom is 0.483 e. The summed E-state index contributed by atoms with van der Waals surface area (Å²) in [5.74, 6) is 0.304. The summed E-state index contributed by atoms with van der Waals surface area (Å²) in [7, 11) is -9.28. The molecule has 0 aromatic carbocycles. The van der Waals surface area contributed by atoms with Crippen LogP contribution in [-0.4, -0.2) is 23.0 Å². The van der Waals surface area contributed by atoms with Gasteiger partial charge in [-0.15, -0.1) is 0 Å². The molecule has 0 heterocycles. The molecule has 2 N–H and O–H groups in total. The van der Waals surface area contributed by atoms with Gasteiger partial charge in [-0.2, -0.15) is 4.31 Å². The zero-order chi connectivity index (χ0) is 19.3. The van der Waals surface area contributed by atoms with Crippen molar-refractivity contribution in [2.24, 2.45) is 11.8 Å². The Morgan fingerprint density at radius 3 is 1.46 bits per heavy atom. The number of hydrogen-bond acceptors (Lipinski definition) is 5. The molecule has 0 spiro atoms. The van der Waals surface area contributed by atoms with Gasteiger partial charge in [-0.25, -0.2) is 9.13 Å².